The van der Waals surface area contributed by atoms with Crippen molar-refractivity contribution in [1.82, 2.24) is 9.88 Å². The Labute approximate surface area is 192 Å². The van der Waals surface area contributed by atoms with Gasteiger partial charge in [0, 0.05) is 36.9 Å². The van der Waals surface area contributed by atoms with Crippen molar-refractivity contribution in [2.45, 2.75) is 38.3 Å². The zero-order valence-electron chi connectivity index (χ0n) is 17.8. The molecule has 7 nitrogen and oxygen atoms in total. The minimum absolute atomic E-state index is 0.0150. The van der Waals surface area contributed by atoms with Crippen LogP contribution in [-0.2, 0) is 0 Å². The van der Waals surface area contributed by atoms with Crippen molar-refractivity contribution >= 4 is 34.2 Å². The first kappa shape index (κ1) is 23.4. The van der Waals surface area contributed by atoms with E-state index in [2.05, 4.69) is 5.32 Å². The monoisotopic (exact) mass is 485 g/mol. The van der Waals surface area contributed by atoms with Crippen molar-refractivity contribution in [1.29, 1.82) is 0 Å². The van der Waals surface area contributed by atoms with Crippen LogP contribution in [0.25, 0.3) is 10.9 Å². The number of carbonyl (C=O) groups is 1. The predicted octanol–water partition coefficient (Wildman–Crippen LogP) is 4.09. The van der Waals surface area contributed by atoms with Crippen LogP contribution in [0.15, 0.2) is 27.7 Å². The molecule has 1 saturated heterocycles. The molecule has 1 aromatic heterocycles. The molecule has 0 bridgehead atoms. The Morgan fingerprint density at radius 2 is 2.00 bits per heavy atom. The van der Waals surface area contributed by atoms with E-state index in [-0.39, 0.29) is 22.6 Å². The molecular weight excluding hydrogens is 463 g/mol. The van der Waals surface area contributed by atoms with E-state index in [1.807, 2.05) is 0 Å². The van der Waals surface area contributed by atoms with E-state index in [0.717, 1.165) is 17.8 Å². The number of halogens is 4. The molecule has 1 aromatic carbocycles. The molecule has 0 atom stereocenters. The fourth-order valence-corrected chi connectivity index (χ4v) is 4.61. The van der Waals surface area contributed by atoms with Gasteiger partial charge < -0.3 is 24.6 Å². The molecule has 2 N–H and O–H groups in total. The Bertz CT molecular complexity index is 1180. The quantitative estimate of drug-likeness (QED) is 0.614. The average molecular weight is 486 g/mol. The van der Waals surface area contributed by atoms with Crippen LogP contribution in [0.4, 0.5) is 18.9 Å². The van der Waals surface area contributed by atoms with Crippen LogP contribution in [-0.4, -0.2) is 48.9 Å². The molecule has 4 rings (SSSR count). The van der Waals surface area contributed by atoms with Gasteiger partial charge >= 0.3 is 12.6 Å². The van der Waals surface area contributed by atoms with Crippen molar-refractivity contribution in [3.8, 4) is 5.75 Å². The lowest BCUT2D eigenvalue weighted by Gasteiger charge is -2.33. The number of fused-ring (bicyclic) bond motifs is 1. The van der Waals surface area contributed by atoms with Crippen molar-refractivity contribution in [3.63, 3.8) is 0 Å². The lowest BCUT2D eigenvalue weighted by molar-refractivity contribution is -0.0488. The van der Waals surface area contributed by atoms with Crippen LogP contribution in [0.2, 0.25) is 0 Å². The van der Waals surface area contributed by atoms with Crippen LogP contribution < -0.4 is 20.4 Å². The Hall–Kier alpha value is -2.72. The van der Waals surface area contributed by atoms with Gasteiger partial charge in [0.15, 0.2) is 11.6 Å². The molecule has 0 spiro atoms. The van der Waals surface area contributed by atoms with E-state index in [0.29, 0.717) is 50.3 Å². The molecule has 1 aliphatic heterocycles. The Morgan fingerprint density at radius 1 is 1.33 bits per heavy atom. The van der Waals surface area contributed by atoms with Crippen LogP contribution in [0.3, 0.4) is 0 Å². The van der Waals surface area contributed by atoms with Crippen LogP contribution in [0.5, 0.6) is 5.75 Å². The third kappa shape index (κ3) is 4.54. The fraction of sp³-hybridized carbons (Fsp3) is 0.455. The largest absolute Gasteiger partial charge is 0.477 e. The molecule has 1 saturated carbocycles. The van der Waals surface area contributed by atoms with Gasteiger partial charge in [0.05, 0.1) is 10.9 Å². The van der Waals surface area contributed by atoms with E-state index < -0.39 is 35.1 Å². The smallest absolute Gasteiger partial charge is 0.387 e. The number of carboxylic acids is 1. The van der Waals surface area contributed by atoms with Crippen molar-refractivity contribution in [3.05, 3.63) is 44.5 Å². The molecule has 0 radical (unpaired) electrons. The number of benzene rings is 1. The number of nitrogens with one attached hydrogen (secondary N) is 1. The highest BCUT2D eigenvalue weighted by atomic mass is 35.5. The molecule has 2 heterocycles. The van der Waals surface area contributed by atoms with Gasteiger partial charge in [-0.15, -0.1) is 0 Å². The van der Waals surface area contributed by atoms with E-state index in [1.54, 1.807) is 11.9 Å². The van der Waals surface area contributed by atoms with Gasteiger partial charge in [-0.05, 0) is 38.8 Å². The fourth-order valence-electron chi connectivity index (χ4n) is 4.28. The number of rotatable bonds is 7. The standard InChI is InChI=1S/C22H23ClF3N3O4/c1-27-9-15(23)11-4-6-28(7-5-11)18-16(24)8-13-17(20(18)33-22(25)26)29(12-2-3-12)10-14(19(13)30)21(31)32/h8,10,12,22,27H,2-7,9H2,1H3,(H,31,32). The number of pyridine rings is 1. The highest BCUT2D eigenvalue weighted by molar-refractivity contribution is 6.30. The third-order valence-electron chi connectivity index (χ3n) is 5.97. The molecular formula is C22H23ClF3N3O4. The summed E-state index contributed by atoms with van der Waals surface area (Å²) in [4.78, 5) is 26.0. The molecule has 2 fully saturated rings. The maximum atomic E-state index is 15.3. The first-order chi connectivity index (χ1) is 15.7. The molecule has 11 heteroatoms. The Kier molecular flexibility index (Phi) is 6.58. The molecule has 0 amide bonds. The second-order valence-corrected chi connectivity index (χ2v) is 8.61. The second-order valence-electron chi connectivity index (χ2n) is 8.15. The number of alkyl halides is 2. The molecule has 0 unspecified atom stereocenters. The Morgan fingerprint density at radius 3 is 2.55 bits per heavy atom. The van der Waals surface area contributed by atoms with Crippen LogP contribution in [0.1, 0.15) is 42.1 Å². The minimum Gasteiger partial charge on any atom is -0.477 e. The van der Waals surface area contributed by atoms with Gasteiger partial charge in [-0.2, -0.15) is 8.78 Å². The summed E-state index contributed by atoms with van der Waals surface area (Å²) in [7, 11) is 1.77. The normalized spacial score (nSPS) is 16.5. The van der Waals surface area contributed by atoms with Gasteiger partial charge in [-0.1, -0.05) is 17.2 Å². The third-order valence-corrected chi connectivity index (χ3v) is 6.38. The summed E-state index contributed by atoms with van der Waals surface area (Å²) in [6, 6.07) is 0.747. The first-order valence-electron chi connectivity index (χ1n) is 10.6. The highest BCUT2D eigenvalue weighted by Gasteiger charge is 2.33. The average Bonchev–Trinajstić information content (AvgIpc) is 3.59. The zero-order chi connectivity index (χ0) is 23.9. The summed E-state index contributed by atoms with van der Waals surface area (Å²) in [5.41, 5.74) is -0.666. The lowest BCUT2D eigenvalue weighted by atomic mass is 10.0. The molecule has 2 aromatic rings. The summed E-state index contributed by atoms with van der Waals surface area (Å²) in [6.07, 6.45) is 3.53. The van der Waals surface area contributed by atoms with Gasteiger partial charge in [0.2, 0.25) is 5.43 Å². The van der Waals surface area contributed by atoms with E-state index >= 15 is 4.39 Å². The maximum absolute atomic E-state index is 15.3. The second kappa shape index (κ2) is 9.26. The number of likely N-dealkylation sites (N-methyl/N-ethyl adjacent to an activating group) is 1. The van der Waals surface area contributed by atoms with Crippen molar-refractivity contribution < 1.29 is 27.8 Å². The number of piperidine rings is 1. The summed E-state index contributed by atoms with van der Waals surface area (Å²) in [5, 5.41) is 12.8. The van der Waals surface area contributed by atoms with E-state index in [4.69, 9.17) is 16.3 Å². The summed E-state index contributed by atoms with van der Waals surface area (Å²) < 4.78 is 48.5. The predicted molar refractivity (Wildman–Crippen MR) is 118 cm³/mol. The molecule has 2 aliphatic rings. The lowest BCUT2D eigenvalue weighted by Crippen LogP contribution is -2.33. The zero-order valence-corrected chi connectivity index (χ0v) is 18.6. The number of aromatic carboxylic acids is 1. The molecule has 178 valence electrons. The van der Waals surface area contributed by atoms with Gasteiger partial charge in [-0.3, -0.25) is 4.79 Å². The topological polar surface area (TPSA) is 83.8 Å². The number of aromatic nitrogens is 1. The van der Waals surface area contributed by atoms with Crippen LogP contribution in [0, 0.1) is 5.82 Å². The number of nitrogens with zero attached hydrogens (tertiary/aromatic N) is 2. The summed E-state index contributed by atoms with van der Waals surface area (Å²) in [5.74, 6) is -2.84. The molecule has 1 aliphatic carbocycles. The van der Waals surface area contributed by atoms with Crippen LogP contribution >= 0.6 is 11.6 Å². The van der Waals surface area contributed by atoms with E-state index in [1.165, 1.54) is 4.57 Å². The van der Waals surface area contributed by atoms with Gasteiger partial charge in [0.1, 0.15) is 11.3 Å². The molecule has 33 heavy (non-hydrogen) atoms. The number of hydrogen-bond donors (Lipinski definition) is 2. The summed E-state index contributed by atoms with van der Waals surface area (Å²) >= 11 is 6.30. The van der Waals surface area contributed by atoms with Crippen molar-refractivity contribution in [2.24, 2.45) is 0 Å². The number of hydrogen-bond acceptors (Lipinski definition) is 5. The van der Waals surface area contributed by atoms with Gasteiger partial charge in [0.25, 0.3) is 0 Å². The maximum Gasteiger partial charge on any atom is 0.387 e. The minimum atomic E-state index is -3.26. The Balaban J connectivity index is 1.89. The highest BCUT2D eigenvalue weighted by Crippen LogP contribution is 2.45. The van der Waals surface area contributed by atoms with Gasteiger partial charge in [-0.25, -0.2) is 9.18 Å². The van der Waals surface area contributed by atoms with Crippen molar-refractivity contribution in [2.75, 3.05) is 31.6 Å². The summed E-state index contributed by atoms with van der Waals surface area (Å²) in [6.45, 7) is -2.13. The number of ether oxygens (including phenoxy) is 1. The number of anilines is 1. The van der Waals surface area contributed by atoms with E-state index in [9.17, 15) is 23.5 Å². The number of carboxylic acid groups (broad SMARTS) is 1. The SMILES string of the molecule is CNCC(Cl)=C1CCN(c2c(F)cc3c(=O)c(C(=O)O)cn(C4CC4)c3c2OC(F)F)CC1. The first-order valence-corrected chi connectivity index (χ1v) is 11.0.